The molecule has 0 bridgehead atoms. The Morgan fingerprint density at radius 1 is 1.04 bits per heavy atom. The van der Waals surface area contributed by atoms with Crippen molar-refractivity contribution in [3.63, 3.8) is 0 Å². The normalized spacial score (nSPS) is 16.0. The third-order valence-corrected chi connectivity index (χ3v) is 7.29. The van der Waals surface area contributed by atoms with Crippen molar-refractivity contribution in [3.05, 3.63) is 65.7 Å². The van der Waals surface area contributed by atoms with Crippen LogP contribution in [0, 0.1) is 0 Å². The van der Waals surface area contributed by atoms with E-state index in [9.17, 15) is 13.2 Å². The van der Waals surface area contributed by atoms with Crippen LogP contribution in [0.4, 0.5) is 5.69 Å². The van der Waals surface area contributed by atoms with Crippen LogP contribution in [-0.4, -0.2) is 19.6 Å². The van der Waals surface area contributed by atoms with Crippen molar-refractivity contribution in [3.8, 4) is 0 Å². The van der Waals surface area contributed by atoms with Gasteiger partial charge in [0.25, 0.3) is 0 Å². The quantitative estimate of drug-likeness (QED) is 0.736. The maximum Gasteiger partial charge on any atom is 0.245 e. The first-order chi connectivity index (χ1) is 13.0. The van der Waals surface area contributed by atoms with E-state index in [2.05, 4.69) is 5.32 Å². The van der Waals surface area contributed by atoms with Crippen LogP contribution in [0.25, 0.3) is 0 Å². The van der Waals surface area contributed by atoms with Crippen molar-refractivity contribution >= 4 is 33.8 Å². The van der Waals surface area contributed by atoms with Gasteiger partial charge in [0.05, 0.1) is 11.0 Å². The van der Waals surface area contributed by atoms with Gasteiger partial charge in [-0.2, -0.15) is 0 Å². The molecule has 1 unspecified atom stereocenters. The van der Waals surface area contributed by atoms with Crippen molar-refractivity contribution < 1.29 is 13.2 Å². The minimum absolute atomic E-state index is 0. The zero-order chi connectivity index (χ0) is 19.3. The molecule has 1 fully saturated rings. The van der Waals surface area contributed by atoms with E-state index in [0.717, 1.165) is 37.7 Å². The average Bonchev–Trinajstić information content (AvgIpc) is 2.68. The predicted molar refractivity (Wildman–Crippen MR) is 115 cm³/mol. The van der Waals surface area contributed by atoms with Gasteiger partial charge in [-0.25, -0.2) is 8.42 Å². The molecule has 0 radical (unpaired) electrons. The summed E-state index contributed by atoms with van der Waals surface area (Å²) >= 11 is 0. The van der Waals surface area contributed by atoms with Gasteiger partial charge in [0.1, 0.15) is 6.04 Å². The van der Waals surface area contributed by atoms with Gasteiger partial charge in [-0.3, -0.25) is 4.79 Å². The Labute approximate surface area is 173 Å². The Morgan fingerprint density at radius 3 is 2.39 bits per heavy atom. The number of sulfone groups is 1. The smallest absolute Gasteiger partial charge is 0.245 e. The molecule has 1 atom stereocenters. The molecule has 0 spiro atoms. The number of rotatable bonds is 6. The van der Waals surface area contributed by atoms with Gasteiger partial charge in [-0.05, 0) is 36.1 Å². The number of hydrogen-bond donors (Lipinski definition) is 2. The van der Waals surface area contributed by atoms with Gasteiger partial charge >= 0.3 is 0 Å². The highest BCUT2D eigenvalue weighted by Gasteiger charge is 2.27. The first-order valence-corrected chi connectivity index (χ1v) is 11.1. The monoisotopic (exact) mass is 422 g/mol. The van der Waals surface area contributed by atoms with Crippen molar-refractivity contribution in [1.82, 2.24) is 0 Å². The molecule has 5 nitrogen and oxygen atoms in total. The fourth-order valence-electron chi connectivity index (χ4n) is 3.55. The number of halogens is 1. The Kier molecular flexibility index (Phi) is 8.04. The number of benzene rings is 2. The summed E-state index contributed by atoms with van der Waals surface area (Å²) in [5.41, 5.74) is 7.99. The summed E-state index contributed by atoms with van der Waals surface area (Å²) in [5.74, 6) is -0.319. The van der Waals surface area contributed by atoms with E-state index in [1.165, 1.54) is 0 Å². The van der Waals surface area contributed by atoms with Crippen LogP contribution in [0.2, 0.25) is 0 Å². The number of nitrogens with one attached hydrogen (secondary N) is 1. The lowest BCUT2D eigenvalue weighted by Crippen LogP contribution is -2.28. The summed E-state index contributed by atoms with van der Waals surface area (Å²) in [6, 6.07) is 15.4. The summed E-state index contributed by atoms with van der Waals surface area (Å²) < 4.78 is 25.3. The molecule has 0 heterocycles. The van der Waals surface area contributed by atoms with E-state index >= 15 is 0 Å². The fraction of sp³-hybridized carbons (Fsp3) is 0.381. The van der Waals surface area contributed by atoms with Crippen molar-refractivity contribution in [2.45, 2.75) is 49.1 Å². The lowest BCUT2D eigenvalue weighted by molar-refractivity contribution is -0.117. The highest BCUT2D eigenvalue weighted by atomic mass is 35.5. The summed E-state index contributed by atoms with van der Waals surface area (Å²) in [7, 11) is -3.18. The van der Waals surface area contributed by atoms with E-state index in [1.54, 1.807) is 36.4 Å². The van der Waals surface area contributed by atoms with Gasteiger partial charge in [-0.15, -0.1) is 12.4 Å². The van der Waals surface area contributed by atoms with Crippen molar-refractivity contribution in [2.24, 2.45) is 5.73 Å². The molecule has 1 aliphatic rings. The number of nitrogens with two attached hydrogens (primary N) is 1. The molecule has 152 valence electrons. The van der Waals surface area contributed by atoms with Crippen LogP contribution in [0.1, 0.15) is 49.3 Å². The number of carbonyl (C=O) groups excluding carboxylic acids is 1. The number of hydrogen-bond acceptors (Lipinski definition) is 4. The summed E-state index contributed by atoms with van der Waals surface area (Å²) in [5, 5.41) is 2.55. The molecule has 0 aliphatic heterocycles. The highest BCUT2D eigenvalue weighted by molar-refractivity contribution is 7.91. The zero-order valence-corrected chi connectivity index (χ0v) is 17.3. The maximum atomic E-state index is 12.7. The summed E-state index contributed by atoms with van der Waals surface area (Å²) in [4.78, 5) is 12.4. The van der Waals surface area contributed by atoms with Crippen molar-refractivity contribution in [2.75, 3.05) is 5.32 Å². The van der Waals surface area contributed by atoms with Gasteiger partial charge in [0.2, 0.25) is 5.91 Å². The lowest BCUT2D eigenvalue weighted by Gasteiger charge is -2.21. The molecule has 28 heavy (non-hydrogen) atoms. The first-order valence-electron chi connectivity index (χ1n) is 9.37. The van der Waals surface area contributed by atoms with E-state index in [4.69, 9.17) is 5.73 Å². The molecule has 1 aliphatic carbocycles. The molecule has 2 aromatic rings. The zero-order valence-electron chi connectivity index (χ0n) is 15.7. The number of carbonyl (C=O) groups is 1. The Bertz CT molecular complexity index is 882. The third kappa shape index (κ3) is 5.80. The number of anilines is 1. The summed E-state index contributed by atoms with van der Waals surface area (Å²) in [6.45, 7) is 0. The molecular weight excluding hydrogens is 396 g/mol. The fourth-order valence-corrected chi connectivity index (χ4v) is 5.48. The first kappa shape index (κ1) is 22.4. The lowest BCUT2D eigenvalue weighted by atomic mass is 10.0. The SMILES string of the molecule is Cl.NC(C(=O)Nc1cccc(CS(=O)(=O)C2CCCCC2)c1)c1ccccc1. The summed E-state index contributed by atoms with van der Waals surface area (Å²) in [6.07, 6.45) is 4.60. The highest BCUT2D eigenvalue weighted by Crippen LogP contribution is 2.26. The molecular formula is C21H27ClN2O3S. The van der Waals surface area contributed by atoms with Crippen LogP contribution in [0.15, 0.2) is 54.6 Å². The Balaban J connectivity index is 0.00000280. The Hall–Kier alpha value is -1.89. The maximum absolute atomic E-state index is 12.7. The molecule has 0 aromatic heterocycles. The van der Waals surface area contributed by atoms with Gasteiger partial charge in [0, 0.05) is 5.69 Å². The van der Waals surface area contributed by atoms with Crippen LogP contribution >= 0.6 is 12.4 Å². The van der Waals surface area contributed by atoms with E-state index in [0.29, 0.717) is 11.3 Å². The van der Waals surface area contributed by atoms with Gasteiger partial charge < -0.3 is 11.1 Å². The molecule has 1 saturated carbocycles. The second-order valence-electron chi connectivity index (χ2n) is 7.15. The van der Waals surface area contributed by atoms with E-state index in [-0.39, 0.29) is 29.3 Å². The largest absolute Gasteiger partial charge is 0.324 e. The molecule has 3 rings (SSSR count). The van der Waals surface area contributed by atoms with E-state index in [1.807, 2.05) is 18.2 Å². The van der Waals surface area contributed by atoms with Crippen molar-refractivity contribution in [1.29, 1.82) is 0 Å². The molecule has 7 heteroatoms. The van der Waals surface area contributed by atoms with Crippen LogP contribution in [0.3, 0.4) is 0 Å². The van der Waals surface area contributed by atoms with Crippen LogP contribution in [-0.2, 0) is 20.4 Å². The minimum atomic E-state index is -3.18. The van der Waals surface area contributed by atoms with Gasteiger partial charge in [0.15, 0.2) is 9.84 Å². The molecule has 1 amide bonds. The molecule has 3 N–H and O–H groups in total. The standard InChI is InChI=1S/C21H26N2O3S.ClH/c22-20(17-9-3-1-4-10-17)21(24)23-18-11-7-8-16(14-18)15-27(25,26)19-12-5-2-6-13-19;/h1,3-4,7-11,14,19-20H,2,5-6,12-13,15,22H2,(H,23,24);1H. The van der Waals surface area contributed by atoms with Gasteiger partial charge in [-0.1, -0.05) is 61.7 Å². The Morgan fingerprint density at radius 2 is 1.71 bits per heavy atom. The van der Waals surface area contributed by atoms with Crippen LogP contribution in [0.5, 0.6) is 0 Å². The topological polar surface area (TPSA) is 89.3 Å². The average molecular weight is 423 g/mol. The van der Waals surface area contributed by atoms with Crippen LogP contribution < -0.4 is 11.1 Å². The molecule has 2 aromatic carbocycles. The second kappa shape index (κ2) is 10.0. The second-order valence-corrected chi connectivity index (χ2v) is 9.43. The molecule has 0 saturated heterocycles. The van der Waals surface area contributed by atoms with E-state index < -0.39 is 15.9 Å². The number of amides is 1. The minimum Gasteiger partial charge on any atom is -0.324 e. The predicted octanol–water partition coefficient (Wildman–Crippen LogP) is 3.99. The third-order valence-electron chi connectivity index (χ3n) is 5.06.